The number of imide groups is 1. The number of likely N-dealkylation sites (N-methyl/N-ethyl adjacent to an activating group) is 1. The third-order valence-corrected chi connectivity index (χ3v) is 6.22. The van der Waals surface area contributed by atoms with Gasteiger partial charge in [-0.3, -0.25) is 14.5 Å². The van der Waals surface area contributed by atoms with Gasteiger partial charge < -0.3 is 9.80 Å². The maximum Gasteiger partial charge on any atom is 0.328 e. The summed E-state index contributed by atoms with van der Waals surface area (Å²) in [5, 5.41) is 0. The number of carbonyl (C=O) groups excluding carboxylic acids is 3. The lowest BCUT2D eigenvalue weighted by atomic mass is 10.1. The fourth-order valence-corrected chi connectivity index (χ4v) is 4.11. The molecule has 2 unspecified atom stereocenters. The van der Waals surface area contributed by atoms with Gasteiger partial charge in [0.25, 0.3) is 5.91 Å². The monoisotopic (exact) mass is 459 g/mol. The van der Waals surface area contributed by atoms with Crippen molar-refractivity contribution in [2.75, 3.05) is 13.6 Å². The molecule has 0 spiro atoms. The van der Waals surface area contributed by atoms with Crippen LogP contribution in [0.25, 0.3) is 0 Å². The van der Waals surface area contributed by atoms with E-state index in [0.717, 1.165) is 16.0 Å². The van der Waals surface area contributed by atoms with Crippen molar-refractivity contribution in [3.63, 3.8) is 0 Å². The van der Waals surface area contributed by atoms with Gasteiger partial charge in [-0.15, -0.1) is 0 Å². The van der Waals surface area contributed by atoms with Gasteiger partial charge in [-0.05, 0) is 35.7 Å². The Balaban J connectivity index is 1.56. The maximum absolute atomic E-state index is 13.4. The molecule has 0 aromatic heterocycles. The van der Waals surface area contributed by atoms with E-state index in [2.05, 4.69) is 0 Å². The minimum Gasteiger partial charge on any atom is -0.337 e. The van der Waals surface area contributed by atoms with Crippen LogP contribution >= 0.6 is 0 Å². The summed E-state index contributed by atoms with van der Waals surface area (Å²) in [5.41, 5.74) is 2.34. The summed E-state index contributed by atoms with van der Waals surface area (Å²) in [7, 11) is 1.61. The van der Waals surface area contributed by atoms with Gasteiger partial charge in [0, 0.05) is 13.6 Å². The summed E-state index contributed by atoms with van der Waals surface area (Å²) in [5.74, 6) is -1.17. The highest BCUT2D eigenvalue weighted by atomic mass is 19.1. The first kappa shape index (κ1) is 23.2. The molecule has 0 radical (unpaired) electrons. The van der Waals surface area contributed by atoms with Crippen LogP contribution in [0.5, 0.6) is 0 Å². The minimum atomic E-state index is -0.804. The van der Waals surface area contributed by atoms with Crippen LogP contribution in [-0.4, -0.2) is 46.1 Å². The molecule has 1 aliphatic heterocycles. The summed E-state index contributed by atoms with van der Waals surface area (Å²) in [4.78, 5) is 43.8. The highest BCUT2D eigenvalue weighted by Gasteiger charge is 2.46. The molecule has 1 saturated heterocycles. The highest BCUT2D eigenvalue weighted by molar-refractivity contribution is 6.06. The number of hydrogen-bond donors (Lipinski definition) is 0. The number of benzene rings is 3. The first-order chi connectivity index (χ1) is 16.4. The van der Waals surface area contributed by atoms with Crippen molar-refractivity contribution in [2.45, 2.75) is 25.6 Å². The standard InChI is InChI=1S/C27H26FN3O3/c1-19(21-13-15-23(28)16-14-21)29(2)24(32)18-31-26(33)25(22-11-7-4-8-12-22)30(27(31)34)17-20-9-5-3-6-10-20/h3-16,19,25H,17-18H2,1-2H3. The van der Waals surface area contributed by atoms with Crippen molar-refractivity contribution in [2.24, 2.45) is 0 Å². The maximum atomic E-state index is 13.4. The lowest BCUT2D eigenvalue weighted by Gasteiger charge is -2.27. The number of carbonyl (C=O) groups is 3. The number of nitrogens with zero attached hydrogens (tertiary/aromatic N) is 3. The van der Waals surface area contributed by atoms with Crippen LogP contribution in [0.15, 0.2) is 84.9 Å². The van der Waals surface area contributed by atoms with Crippen LogP contribution in [0.3, 0.4) is 0 Å². The Labute approximate surface area is 198 Å². The largest absolute Gasteiger partial charge is 0.337 e. The van der Waals surface area contributed by atoms with Crippen LogP contribution in [0.1, 0.15) is 35.7 Å². The van der Waals surface area contributed by atoms with E-state index in [9.17, 15) is 18.8 Å². The second-order valence-electron chi connectivity index (χ2n) is 8.37. The second kappa shape index (κ2) is 9.87. The SMILES string of the molecule is CC(c1ccc(F)cc1)N(C)C(=O)CN1C(=O)C(c2ccccc2)N(Cc2ccccc2)C1=O. The molecule has 0 saturated carbocycles. The predicted octanol–water partition coefficient (Wildman–Crippen LogP) is 4.55. The zero-order chi connectivity index (χ0) is 24.2. The Morgan fingerprint density at radius 2 is 1.53 bits per heavy atom. The Hall–Kier alpha value is -4.00. The van der Waals surface area contributed by atoms with E-state index in [1.807, 2.05) is 67.6 Å². The van der Waals surface area contributed by atoms with Crippen molar-refractivity contribution in [3.8, 4) is 0 Å². The Morgan fingerprint density at radius 1 is 0.941 bits per heavy atom. The van der Waals surface area contributed by atoms with Crippen LogP contribution in [0, 0.1) is 5.82 Å². The van der Waals surface area contributed by atoms with E-state index in [0.29, 0.717) is 5.56 Å². The molecule has 2 atom stereocenters. The van der Waals surface area contributed by atoms with Gasteiger partial charge in [-0.2, -0.15) is 0 Å². The Bertz CT molecular complexity index is 1170. The number of halogens is 1. The second-order valence-corrected chi connectivity index (χ2v) is 8.37. The quantitative estimate of drug-likeness (QED) is 0.487. The van der Waals surface area contributed by atoms with Gasteiger partial charge in [0.1, 0.15) is 18.4 Å². The zero-order valence-corrected chi connectivity index (χ0v) is 19.1. The molecule has 34 heavy (non-hydrogen) atoms. The van der Waals surface area contributed by atoms with E-state index in [1.165, 1.54) is 21.9 Å². The molecule has 174 valence electrons. The number of hydrogen-bond acceptors (Lipinski definition) is 3. The molecule has 0 bridgehead atoms. The van der Waals surface area contributed by atoms with Crippen molar-refractivity contribution >= 4 is 17.8 Å². The van der Waals surface area contributed by atoms with E-state index >= 15 is 0 Å². The molecule has 0 N–H and O–H groups in total. The molecular weight excluding hydrogens is 433 g/mol. The summed E-state index contributed by atoms with van der Waals surface area (Å²) < 4.78 is 13.3. The average Bonchev–Trinajstić information content (AvgIpc) is 3.08. The Morgan fingerprint density at radius 3 is 2.15 bits per heavy atom. The fourth-order valence-electron chi connectivity index (χ4n) is 4.11. The first-order valence-corrected chi connectivity index (χ1v) is 11.1. The van der Waals surface area contributed by atoms with E-state index in [1.54, 1.807) is 19.2 Å². The summed E-state index contributed by atoms with van der Waals surface area (Å²) >= 11 is 0. The zero-order valence-electron chi connectivity index (χ0n) is 19.1. The van der Waals surface area contributed by atoms with Crippen LogP contribution < -0.4 is 0 Å². The molecule has 1 fully saturated rings. The summed E-state index contributed by atoms with van der Waals surface area (Å²) in [6, 6.07) is 22.8. The first-order valence-electron chi connectivity index (χ1n) is 11.1. The molecule has 7 heteroatoms. The lowest BCUT2D eigenvalue weighted by Crippen LogP contribution is -2.42. The van der Waals surface area contributed by atoms with Crippen molar-refractivity contribution < 1.29 is 18.8 Å². The van der Waals surface area contributed by atoms with Crippen molar-refractivity contribution in [1.82, 2.24) is 14.7 Å². The Kier molecular flexibility index (Phi) is 6.72. The molecule has 0 aliphatic carbocycles. The molecule has 1 aliphatic rings. The third-order valence-electron chi connectivity index (χ3n) is 6.22. The summed E-state index contributed by atoms with van der Waals surface area (Å²) in [6.07, 6.45) is 0. The lowest BCUT2D eigenvalue weighted by molar-refractivity contribution is -0.138. The van der Waals surface area contributed by atoms with Gasteiger partial charge in [0.05, 0.1) is 6.04 Å². The van der Waals surface area contributed by atoms with Gasteiger partial charge in [0.15, 0.2) is 0 Å². The van der Waals surface area contributed by atoms with Crippen LogP contribution in [-0.2, 0) is 16.1 Å². The average molecular weight is 460 g/mol. The van der Waals surface area contributed by atoms with Gasteiger partial charge in [-0.1, -0.05) is 72.8 Å². The molecule has 4 rings (SSSR count). The summed E-state index contributed by atoms with van der Waals surface area (Å²) in [6.45, 7) is 1.69. The predicted molar refractivity (Wildman–Crippen MR) is 126 cm³/mol. The number of urea groups is 1. The van der Waals surface area contributed by atoms with Crippen LogP contribution in [0.2, 0.25) is 0 Å². The van der Waals surface area contributed by atoms with Crippen LogP contribution in [0.4, 0.5) is 9.18 Å². The molecule has 3 aromatic carbocycles. The van der Waals surface area contributed by atoms with Gasteiger partial charge >= 0.3 is 6.03 Å². The molecule has 4 amide bonds. The normalized spacial score (nSPS) is 16.6. The van der Waals surface area contributed by atoms with Gasteiger partial charge in [0.2, 0.25) is 5.91 Å². The van der Waals surface area contributed by atoms with Crippen molar-refractivity contribution in [3.05, 3.63) is 107 Å². The molecule has 3 aromatic rings. The molecular formula is C27H26FN3O3. The fraction of sp³-hybridized carbons (Fsp3) is 0.222. The van der Waals surface area contributed by atoms with E-state index in [4.69, 9.17) is 0 Å². The number of amides is 4. The number of rotatable bonds is 7. The molecule has 1 heterocycles. The van der Waals surface area contributed by atoms with Crippen molar-refractivity contribution in [1.29, 1.82) is 0 Å². The smallest absolute Gasteiger partial charge is 0.328 e. The van der Waals surface area contributed by atoms with Gasteiger partial charge in [-0.25, -0.2) is 9.18 Å². The third kappa shape index (κ3) is 4.69. The van der Waals surface area contributed by atoms with E-state index in [-0.39, 0.29) is 30.9 Å². The molecule has 6 nitrogen and oxygen atoms in total. The topological polar surface area (TPSA) is 60.9 Å². The van der Waals surface area contributed by atoms with E-state index < -0.39 is 18.0 Å². The minimum absolute atomic E-state index is 0.248. The highest BCUT2D eigenvalue weighted by Crippen LogP contribution is 2.32.